The van der Waals surface area contributed by atoms with Gasteiger partial charge in [-0.2, -0.15) is 5.26 Å². The number of nitriles is 1. The van der Waals surface area contributed by atoms with Crippen LogP contribution in [0.15, 0.2) is 48.5 Å². The van der Waals surface area contributed by atoms with Gasteiger partial charge in [-0.05, 0) is 97.9 Å². The van der Waals surface area contributed by atoms with Crippen LogP contribution in [0.2, 0.25) is 0 Å². The highest BCUT2D eigenvalue weighted by molar-refractivity contribution is 5.64. The molecule has 1 unspecified atom stereocenters. The number of ether oxygens (including phenoxy) is 2. The van der Waals surface area contributed by atoms with E-state index in [1.165, 1.54) is 68.1 Å². The second kappa shape index (κ2) is 9.55. The van der Waals surface area contributed by atoms with Crippen LogP contribution in [-0.2, 0) is 9.47 Å². The summed E-state index contributed by atoms with van der Waals surface area (Å²) in [5.74, 6) is 2.54. The zero-order valence-electron chi connectivity index (χ0n) is 18.3. The van der Waals surface area contributed by atoms with Gasteiger partial charge < -0.3 is 9.47 Å². The van der Waals surface area contributed by atoms with Gasteiger partial charge in [0.2, 0.25) is 0 Å². The van der Waals surface area contributed by atoms with Crippen molar-refractivity contribution in [2.75, 3.05) is 13.2 Å². The normalized spacial score (nSPS) is 30.5. The molecular weight excluding hydrogens is 382 g/mol. The Morgan fingerprint density at radius 1 is 0.774 bits per heavy atom. The van der Waals surface area contributed by atoms with E-state index in [0.717, 1.165) is 25.0 Å². The molecule has 3 heteroatoms. The highest BCUT2D eigenvalue weighted by Crippen LogP contribution is 2.43. The van der Waals surface area contributed by atoms with E-state index in [1.807, 2.05) is 24.3 Å². The maximum absolute atomic E-state index is 8.98. The van der Waals surface area contributed by atoms with Crippen LogP contribution in [0.5, 0.6) is 0 Å². The molecule has 0 bridgehead atoms. The van der Waals surface area contributed by atoms with E-state index in [9.17, 15) is 0 Å². The summed E-state index contributed by atoms with van der Waals surface area (Å²) < 4.78 is 11.3. The molecule has 3 nitrogen and oxygen atoms in total. The summed E-state index contributed by atoms with van der Waals surface area (Å²) in [6, 6.07) is 19.2. The van der Waals surface area contributed by atoms with Crippen molar-refractivity contribution in [2.24, 2.45) is 11.8 Å². The molecule has 162 valence electrons. The number of epoxide rings is 1. The molecule has 0 amide bonds. The SMILES string of the molecule is N#Cc1ccc(-c2ccc(C3CCC(C4CCC(OCC5CO5)CC4)CC3)cc2)cc1. The lowest BCUT2D eigenvalue weighted by molar-refractivity contribution is 0.00133. The quantitative estimate of drug-likeness (QED) is 0.508. The van der Waals surface area contributed by atoms with E-state index in [2.05, 4.69) is 30.3 Å². The average molecular weight is 416 g/mol. The number of benzene rings is 2. The Bertz CT molecular complexity index is 878. The summed E-state index contributed by atoms with van der Waals surface area (Å²) in [6.45, 7) is 1.71. The highest BCUT2D eigenvalue weighted by atomic mass is 16.6. The minimum Gasteiger partial charge on any atom is -0.375 e. The van der Waals surface area contributed by atoms with Crippen LogP contribution in [-0.4, -0.2) is 25.4 Å². The summed E-state index contributed by atoms with van der Waals surface area (Å²) in [5, 5.41) is 8.98. The maximum atomic E-state index is 8.98. The molecule has 2 aliphatic carbocycles. The number of hydrogen-bond acceptors (Lipinski definition) is 3. The van der Waals surface area contributed by atoms with E-state index in [4.69, 9.17) is 14.7 Å². The molecule has 3 fully saturated rings. The van der Waals surface area contributed by atoms with Crippen molar-refractivity contribution >= 4 is 0 Å². The molecule has 0 aromatic heterocycles. The van der Waals surface area contributed by atoms with Crippen LogP contribution in [0.1, 0.15) is 68.4 Å². The fourth-order valence-corrected chi connectivity index (χ4v) is 5.74. The molecule has 0 N–H and O–H groups in total. The van der Waals surface area contributed by atoms with Crippen LogP contribution in [0, 0.1) is 23.2 Å². The lowest BCUT2D eigenvalue weighted by atomic mass is 9.69. The Morgan fingerprint density at radius 2 is 1.32 bits per heavy atom. The van der Waals surface area contributed by atoms with E-state index < -0.39 is 0 Å². The average Bonchev–Trinajstić information content (AvgIpc) is 3.68. The van der Waals surface area contributed by atoms with E-state index in [0.29, 0.717) is 23.7 Å². The van der Waals surface area contributed by atoms with Gasteiger partial charge in [-0.3, -0.25) is 0 Å². The summed E-state index contributed by atoms with van der Waals surface area (Å²) >= 11 is 0. The third-order valence-corrected chi connectivity index (χ3v) is 7.81. The monoisotopic (exact) mass is 415 g/mol. The van der Waals surface area contributed by atoms with Gasteiger partial charge in [-0.1, -0.05) is 36.4 Å². The third-order valence-electron chi connectivity index (χ3n) is 7.81. The topological polar surface area (TPSA) is 45.5 Å². The van der Waals surface area contributed by atoms with E-state index >= 15 is 0 Å². The predicted octanol–water partition coefficient (Wildman–Crippen LogP) is 6.47. The van der Waals surface area contributed by atoms with Crippen LogP contribution in [0.25, 0.3) is 11.1 Å². The highest BCUT2D eigenvalue weighted by Gasteiger charge is 2.32. The smallest absolute Gasteiger partial charge is 0.104 e. The summed E-state index contributed by atoms with van der Waals surface area (Å²) in [7, 11) is 0. The third kappa shape index (κ3) is 5.20. The minimum atomic E-state index is 0.395. The Labute approximate surface area is 186 Å². The van der Waals surface area contributed by atoms with Crippen molar-refractivity contribution in [2.45, 2.75) is 69.5 Å². The molecule has 31 heavy (non-hydrogen) atoms. The van der Waals surface area contributed by atoms with Crippen molar-refractivity contribution in [3.8, 4) is 17.2 Å². The van der Waals surface area contributed by atoms with Gasteiger partial charge in [0, 0.05) is 0 Å². The van der Waals surface area contributed by atoms with Gasteiger partial charge in [-0.25, -0.2) is 0 Å². The molecule has 0 spiro atoms. The molecular formula is C28H33NO2. The maximum Gasteiger partial charge on any atom is 0.104 e. The van der Waals surface area contributed by atoms with Crippen molar-refractivity contribution < 1.29 is 9.47 Å². The first-order chi connectivity index (χ1) is 15.3. The van der Waals surface area contributed by atoms with Gasteiger partial charge in [0.05, 0.1) is 31.0 Å². The molecule has 2 aromatic rings. The van der Waals surface area contributed by atoms with Gasteiger partial charge in [0.25, 0.3) is 0 Å². The second-order valence-corrected chi connectivity index (χ2v) is 9.75. The molecule has 2 aromatic carbocycles. The minimum absolute atomic E-state index is 0.395. The van der Waals surface area contributed by atoms with Gasteiger partial charge in [0.1, 0.15) is 6.10 Å². The molecule has 1 atom stereocenters. The fraction of sp³-hybridized carbons (Fsp3) is 0.536. The summed E-state index contributed by atoms with van der Waals surface area (Å²) in [4.78, 5) is 0. The molecule has 5 rings (SSSR count). The Morgan fingerprint density at radius 3 is 1.87 bits per heavy atom. The molecule has 1 heterocycles. The molecule has 1 aliphatic heterocycles. The number of rotatable bonds is 6. The zero-order valence-corrected chi connectivity index (χ0v) is 18.3. The Balaban J connectivity index is 1.10. The van der Waals surface area contributed by atoms with Crippen molar-refractivity contribution in [1.82, 2.24) is 0 Å². The molecule has 0 radical (unpaired) electrons. The van der Waals surface area contributed by atoms with Crippen LogP contribution in [0.4, 0.5) is 0 Å². The first-order valence-electron chi connectivity index (χ1n) is 12.1. The molecule has 1 saturated heterocycles. The number of hydrogen-bond donors (Lipinski definition) is 0. The molecule has 2 saturated carbocycles. The van der Waals surface area contributed by atoms with Gasteiger partial charge in [0.15, 0.2) is 0 Å². The largest absolute Gasteiger partial charge is 0.375 e. The van der Waals surface area contributed by atoms with E-state index in [-0.39, 0.29) is 0 Å². The Kier molecular flexibility index (Phi) is 6.39. The first-order valence-corrected chi connectivity index (χ1v) is 12.1. The van der Waals surface area contributed by atoms with Crippen molar-refractivity contribution in [1.29, 1.82) is 5.26 Å². The van der Waals surface area contributed by atoms with Gasteiger partial charge in [-0.15, -0.1) is 0 Å². The first kappa shape index (κ1) is 20.7. The van der Waals surface area contributed by atoms with E-state index in [1.54, 1.807) is 0 Å². The van der Waals surface area contributed by atoms with Crippen molar-refractivity contribution in [3.05, 3.63) is 59.7 Å². The predicted molar refractivity (Wildman–Crippen MR) is 123 cm³/mol. The fourth-order valence-electron chi connectivity index (χ4n) is 5.74. The summed E-state index contributed by atoms with van der Waals surface area (Å²) in [6.07, 6.45) is 11.5. The van der Waals surface area contributed by atoms with Crippen LogP contribution < -0.4 is 0 Å². The van der Waals surface area contributed by atoms with Crippen LogP contribution >= 0.6 is 0 Å². The lowest BCUT2D eigenvalue weighted by Gasteiger charge is -2.38. The van der Waals surface area contributed by atoms with Crippen molar-refractivity contribution in [3.63, 3.8) is 0 Å². The standard InChI is InChI=1S/C28H33NO2/c29-17-20-1-3-21(4-2-20)22-5-7-23(8-6-22)24-9-11-25(12-10-24)26-13-15-27(16-14-26)30-18-28-19-31-28/h1-8,24-28H,9-16,18-19H2. The molecule has 3 aliphatic rings. The van der Waals surface area contributed by atoms with Gasteiger partial charge >= 0.3 is 0 Å². The summed E-state index contributed by atoms with van der Waals surface area (Å²) in [5.41, 5.74) is 4.62. The Hall–Kier alpha value is -2.15. The lowest BCUT2D eigenvalue weighted by Crippen LogP contribution is -2.29. The van der Waals surface area contributed by atoms with Crippen LogP contribution in [0.3, 0.4) is 0 Å². The zero-order chi connectivity index (χ0) is 21.0. The number of nitrogens with zero attached hydrogens (tertiary/aromatic N) is 1. The second-order valence-electron chi connectivity index (χ2n) is 9.75.